The zero-order valence-electron chi connectivity index (χ0n) is 16.8. The molecule has 2 aliphatic carbocycles. The zero-order valence-corrected chi connectivity index (χ0v) is 17.5. The third kappa shape index (κ3) is 3.73. The van der Waals surface area contributed by atoms with Crippen molar-refractivity contribution in [3.8, 4) is 0 Å². The molecular formula is C20H23ClN4O4. The maximum atomic E-state index is 12.5. The number of carbonyl (C=O) groups is 2. The van der Waals surface area contributed by atoms with Crippen LogP contribution in [0, 0.1) is 11.8 Å². The second-order valence-electron chi connectivity index (χ2n) is 8.76. The standard InChI is InChI=1S/C20H23ClN4O4/c1-19(2,3)29-17(26)10-5-11-8-20(11,7-10)25-16-15-14(22-9-23-16)12(18(27)28-4)6-13(21)24-15/h6,9-11H,5,7-8H2,1-4H3,(H,22,23,25). The predicted molar refractivity (Wildman–Crippen MR) is 107 cm³/mol. The molecule has 154 valence electrons. The topological polar surface area (TPSA) is 103 Å². The third-order valence-electron chi connectivity index (χ3n) is 5.48. The minimum atomic E-state index is -0.544. The number of rotatable bonds is 4. The highest BCUT2D eigenvalue weighted by atomic mass is 35.5. The number of aromatic nitrogens is 3. The van der Waals surface area contributed by atoms with Gasteiger partial charge < -0.3 is 14.8 Å². The van der Waals surface area contributed by atoms with Gasteiger partial charge in [0.1, 0.15) is 28.1 Å². The van der Waals surface area contributed by atoms with E-state index in [1.807, 2.05) is 20.8 Å². The molecule has 4 rings (SSSR count). The lowest BCUT2D eigenvalue weighted by Gasteiger charge is -2.24. The maximum absolute atomic E-state index is 12.5. The summed E-state index contributed by atoms with van der Waals surface area (Å²) < 4.78 is 10.4. The molecule has 2 saturated carbocycles. The largest absolute Gasteiger partial charge is 0.465 e. The Morgan fingerprint density at radius 1 is 1.24 bits per heavy atom. The second kappa shape index (κ2) is 6.79. The minimum Gasteiger partial charge on any atom is -0.465 e. The molecule has 0 aliphatic heterocycles. The number of hydrogen-bond donors (Lipinski definition) is 1. The van der Waals surface area contributed by atoms with E-state index in [-0.39, 0.29) is 28.1 Å². The molecular weight excluding hydrogens is 396 g/mol. The number of nitrogens with zero attached hydrogens (tertiary/aromatic N) is 3. The van der Waals surface area contributed by atoms with Gasteiger partial charge in [-0.3, -0.25) is 4.79 Å². The monoisotopic (exact) mass is 418 g/mol. The van der Waals surface area contributed by atoms with Gasteiger partial charge in [0, 0.05) is 5.54 Å². The predicted octanol–water partition coefficient (Wildman–Crippen LogP) is 3.39. The SMILES string of the molecule is COC(=O)c1cc(Cl)nc2c(NC34CC(C(=O)OC(C)(C)C)CC3C4)ncnc12. The number of pyridine rings is 1. The van der Waals surface area contributed by atoms with Crippen molar-refractivity contribution in [2.45, 2.75) is 51.2 Å². The molecule has 3 unspecified atom stereocenters. The fraction of sp³-hybridized carbons (Fsp3) is 0.550. The number of carbonyl (C=O) groups excluding carboxylic acids is 2. The molecule has 0 spiro atoms. The molecule has 8 nitrogen and oxygen atoms in total. The molecule has 2 aliphatic rings. The first-order valence-corrected chi connectivity index (χ1v) is 9.90. The van der Waals surface area contributed by atoms with Crippen LogP contribution in [0.15, 0.2) is 12.4 Å². The minimum absolute atomic E-state index is 0.143. The lowest BCUT2D eigenvalue weighted by atomic mass is 10.0. The highest BCUT2D eigenvalue weighted by molar-refractivity contribution is 6.30. The summed E-state index contributed by atoms with van der Waals surface area (Å²) in [7, 11) is 1.30. The molecule has 2 aromatic heterocycles. The Kier molecular flexibility index (Phi) is 4.64. The summed E-state index contributed by atoms with van der Waals surface area (Å²) in [5, 5.41) is 3.61. The van der Waals surface area contributed by atoms with Crippen LogP contribution in [0.25, 0.3) is 11.0 Å². The molecule has 0 amide bonds. The fourth-order valence-corrected chi connectivity index (χ4v) is 4.37. The van der Waals surface area contributed by atoms with Crippen LogP contribution >= 0.6 is 11.6 Å². The Morgan fingerprint density at radius 2 is 2.00 bits per heavy atom. The molecule has 3 atom stereocenters. The number of ether oxygens (including phenoxy) is 2. The van der Waals surface area contributed by atoms with Crippen molar-refractivity contribution in [1.82, 2.24) is 15.0 Å². The average molecular weight is 419 g/mol. The number of anilines is 1. The van der Waals surface area contributed by atoms with Crippen molar-refractivity contribution in [2.75, 3.05) is 12.4 Å². The van der Waals surface area contributed by atoms with Gasteiger partial charge in [-0.05, 0) is 52.0 Å². The van der Waals surface area contributed by atoms with Gasteiger partial charge in [0.2, 0.25) is 0 Å². The highest BCUT2D eigenvalue weighted by Gasteiger charge is 2.62. The first kappa shape index (κ1) is 19.8. The normalized spacial score (nSPS) is 25.4. The summed E-state index contributed by atoms with van der Waals surface area (Å²) in [6.07, 6.45) is 3.78. The van der Waals surface area contributed by atoms with E-state index in [2.05, 4.69) is 20.3 Å². The Balaban J connectivity index is 1.60. The van der Waals surface area contributed by atoms with Crippen molar-refractivity contribution in [3.63, 3.8) is 0 Å². The molecule has 0 saturated heterocycles. The number of hydrogen-bond acceptors (Lipinski definition) is 8. The molecule has 0 bridgehead atoms. The van der Waals surface area contributed by atoms with E-state index in [4.69, 9.17) is 21.1 Å². The number of halogens is 1. The fourth-order valence-electron chi connectivity index (χ4n) is 4.18. The van der Waals surface area contributed by atoms with E-state index in [1.165, 1.54) is 19.5 Å². The van der Waals surface area contributed by atoms with E-state index in [9.17, 15) is 9.59 Å². The second-order valence-corrected chi connectivity index (χ2v) is 9.14. The van der Waals surface area contributed by atoms with Crippen LogP contribution in [0.3, 0.4) is 0 Å². The first-order valence-electron chi connectivity index (χ1n) is 9.52. The van der Waals surface area contributed by atoms with E-state index < -0.39 is 11.6 Å². The Bertz CT molecular complexity index is 1010. The van der Waals surface area contributed by atoms with Crippen molar-refractivity contribution < 1.29 is 19.1 Å². The van der Waals surface area contributed by atoms with Crippen LogP contribution in [-0.4, -0.2) is 45.1 Å². The Hall–Kier alpha value is -2.48. The van der Waals surface area contributed by atoms with Gasteiger partial charge in [0.15, 0.2) is 5.82 Å². The van der Waals surface area contributed by atoms with E-state index in [0.717, 1.165) is 12.8 Å². The lowest BCUT2D eigenvalue weighted by Crippen LogP contribution is -2.30. The molecule has 1 N–H and O–H groups in total. The van der Waals surface area contributed by atoms with E-state index in [0.29, 0.717) is 29.2 Å². The van der Waals surface area contributed by atoms with Gasteiger partial charge in [-0.1, -0.05) is 11.6 Å². The molecule has 0 aromatic carbocycles. The number of nitrogens with one attached hydrogen (secondary N) is 1. The molecule has 9 heteroatoms. The van der Waals surface area contributed by atoms with Crippen LogP contribution in [0.5, 0.6) is 0 Å². The molecule has 0 radical (unpaired) electrons. The van der Waals surface area contributed by atoms with Gasteiger partial charge in [-0.15, -0.1) is 0 Å². The first-order chi connectivity index (χ1) is 13.6. The van der Waals surface area contributed by atoms with Gasteiger partial charge >= 0.3 is 11.9 Å². The molecule has 29 heavy (non-hydrogen) atoms. The quantitative estimate of drug-likeness (QED) is 0.595. The zero-order chi connectivity index (χ0) is 21.0. The van der Waals surface area contributed by atoms with Gasteiger partial charge in [0.05, 0.1) is 18.6 Å². The lowest BCUT2D eigenvalue weighted by molar-refractivity contribution is -0.160. The van der Waals surface area contributed by atoms with Crippen LogP contribution in [0.1, 0.15) is 50.4 Å². The summed E-state index contributed by atoms with van der Waals surface area (Å²) in [5.74, 6) is 0.0138. The summed E-state index contributed by atoms with van der Waals surface area (Å²) in [4.78, 5) is 37.4. The van der Waals surface area contributed by atoms with Gasteiger partial charge in [-0.2, -0.15) is 0 Å². The van der Waals surface area contributed by atoms with E-state index in [1.54, 1.807) is 0 Å². The van der Waals surface area contributed by atoms with Crippen molar-refractivity contribution in [2.24, 2.45) is 11.8 Å². The van der Waals surface area contributed by atoms with Crippen LogP contribution < -0.4 is 5.32 Å². The highest BCUT2D eigenvalue weighted by Crippen LogP contribution is 2.60. The maximum Gasteiger partial charge on any atom is 0.340 e. The summed E-state index contributed by atoms with van der Waals surface area (Å²) >= 11 is 6.12. The van der Waals surface area contributed by atoms with Crippen molar-refractivity contribution >= 4 is 40.4 Å². The number of fused-ring (bicyclic) bond motifs is 2. The molecule has 2 heterocycles. The van der Waals surface area contributed by atoms with Crippen LogP contribution in [-0.2, 0) is 14.3 Å². The third-order valence-corrected chi connectivity index (χ3v) is 5.68. The van der Waals surface area contributed by atoms with Gasteiger partial charge in [0.25, 0.3) is 0 Å². The molecule has 2 fully saturated rings. The average Bonchev–Trinajstić information content (AvgIpc) is 3.18. The van der Waals surface area contributed by atoms with Crippen LogP contribution in [0.4, 0.5) is 5.82 Å². The number of methoxy groups -OCH3 is 1. The van der Waals surface area contributed by atoms with Gasteiger partial charge in [-0.25, -0.2) is 19.7 Å². The van der Waals surface area contributed by atoms with Crippen molar-refractivity contribution in [3.05, 3.63) is 23.1 Å². The Morgan fingerprint density at radius 3 is 2.69 bits per heavy atom. The molecule has 2 aromatic rings. The Labute approximate surface area is 173 Å². The van der Waals surface area contributed by atoms with Crippen LogP contribution in [0.2, 0.25) is 5.15 Å². The number of esters is 2. The summed E-state index contributed by atoms with van der Waals surface area (Å²) in [6, 6.07) is 1.43. The summed E-state index contributed by atoms with van der Waals surface area (Å²) in [6.45, 7) is 5.61. The summed E-state index contributed by atoms with van der Waals surface area (Å²) in [5.41, 5.74) is 0.280. The van der Waals surface area contributed by atoms with E-state index >= 15 is 0 Å². The smallest absolute Gasteiger partial charge is 0.340 e. The van der Waals surface area contributed by atoms with Crippen molar-refractivity contribution in [1.29, 1.82) is 0 Å².